The number of likely N-dealkylation sites (tertiary alicyclic amines) is 1. The van der Waals surface area contributed by atoms with Crippen molar-refractivity contribution >= 4 is 5.91 Å². The van der Waals surface area contributed by atoms with Gasteiger partial charge >= 0.3 is 0 Å². The molecule has 2 aliphatic heterocycles. The summed E-state index contributed by atoms with van der Waals surface area (Å²) in [4.78, 5) is 13.9. The van der Waals surface area contributed by atoms with E-state index in [-0.39, 0.29) is 12.3 Å². The van der Waals surface area contributed by atoms with Gasteiger partial charge in [-0.1, -0.05) is 0 Å². The van der Waals surface area contributed by atoms with Crippen molar-refractivity contribution in [3.63, 3.8) is 0 Å². The maximum Gasteiger partial charge on any atom is 0.262 e. The number of nitrogens with zero attached hydrogens (tertiary/aromatic N) is 2. The number of carbonyl (C=O) groups is 1. The van der Waals surface area contributed by atoms with E-state index in [0.717, 1.165) is 18.5 Å². The van der Waals surface area contributed by atoms with Crippen LogP contribution in [0.1, 0.15) is 30.9 Å². The fraction of sp³-hybridized carbons (Fsp3) is 0.692. The second kappa shape index (κ2) is 5.12. The number of hydrogen-bond donors (Lipinski definition) is 2. The number of carbonyl (C=O) groups excluding carboxylic acids is 1. The first-order valence-corrected chi connectivity index (χ1v) is 6.94. The quantitative estimate of drug-likeness (QED) is 0.855. The molecule has 3 heterocycles. The molecule has 2 fully saturated rings. The van der Waals surface area contributed by atoms with E-state index in [4.69, 9.17) is 0 Å². The Morgan fingerprint density at radius 1 is 1.40 bits per heavy atom. The minimum absolute atomic E-state index is 0.190. The fourth-order valence-corrected chi connectivity index (χ4v) is 3.02. The van der Waals surface area contributed by atoms with Gasteiger partial charge in [-0.25, -0.2) is 8.78 Å². The molecule has 0 aromatic carbocycles. The number of aromatic nitrogens is 2. The summed E-state index contributed by atoms with van der Waals surface area (Å²) >= 11 is 0. The first kappa shape index (κ1) is 13.5. The molecule has 1 amide bonds. The summed E-state index contributed by atoms with van der Waals surface area (Å²) < 4.78 is 26.3. The van der Waals surface area contributed by atoms with Gasteiger partial charge in [0.25, 0.3) is 5.92 Å². The van der Waals surface area contributed by atoms with Crippen LogP contribution in [0, 0.1) is 0 Å². The first-order chi connectivity index (χ1) is 9.55. The second-order valence-corrected chi connectivity index (χ2v) is 5.61. The van der Waals surface area contributed by atoms with E-state index in [1.165, 1.54) is 0 Å². The number of H-pyrrole nitrogens is 1. The molecule has 1 atom stereocenters. The van der Waals surface area contributed by atoms with Crippen LogP contribution < -0.4 is 5.32 Å². The van der Waals surface area contributed by atoms with Crippen molar-refractivity contribution in [1.29, 1.82) is 0 Å². The van der Waals surface area contributed by atoms with Gasteiger partial charge in [0.05, 0.1) is 12.6 Å². The number of piperidine rings is 1. The molecule has 1 aromatic rings. The van der Waals surface area contributed by atoms with Gasteiger partial charge in [0, 0.05) is 37.3 Å². The third-order valence-electron chi connectivity index (χ3n) is 4.18. The zero-order valence-electron chi connectivity index (χ0n) is 11.1. The third kappa shape index (κ3) is 2.67. The maximum absolute atomic E-state index is 13.1. The van der Waals surface area contributed by atoms with Crippen LogP contribution in [-0.2, 0) is 4.79 Å². The topological polar surface area (TPSA) is 61.0 Å². The van der Waals surface area contributed by atoms with Crippen molar-refractivity contribution in [2.45, 2.75) is 37.1 Å². The van der Waals surface area contributed by atoms with Crippen LogP contribution in [0.2, 0.25) is 0 Å². The molecular weight excluding hydrogens is 266 g/mol. The van der Waals surface area contributed by atoms with Gasteiger partial charge in [-0.05, 0) is 18.9 Å². The molecule has 0 aliphatic carbocycles. The molecule has 0 spiro atoms. The van der Waals surface area contributed by atoms with Gasteiger partial charge in [-0.2, -0.15) is 5.10 Å². The molecule has 0 radical (unpaired) electrons. The molecule has 7 heteroatoms. The standard InChI is InChI=1S/C13H18F2N4O/c14-13(15)7-11(16-8-13)12(20)19-5-2-9(3-6-19)10-1-4-17-18-10/h1,4,9,11,16H,2-3,5-8H2,(H,17,18). The van der Waals surface area contributed by atoms with Crippen LogP contribution in [0.15, 0.2) is 12.3 Å². The molecular formula is C13H18F2N4O. The number of nitrogens with one attached hydrogen (secondary N) is 2. The zero-order valence-corrected chi connectivity index (χ0v) is 11.1. The lowest BCUT2D eigenvalue weighted by Gasteiger charge is -2.33. The van der Waals surface area contributed by atoms with Crippen LogP contribution in [-0.4, -0.2) is 52.6 Å². The summed E-state index contributed by atoms with van der Waals surface area (Å²) in [5.74, 6) is -2.57. The highest BCUT2D eigenvalue weighted by atomic mass is 19.3. The van der Waals surface area contributed by atoms with Crippen molar-refractivity contribution in [2.75, 3.05) is 19.6 Å². The summed E-state index contributed by atoms with van der Waals surface area (Å²) in [6, 6.07) is 1.22. The lowest BCUT2D eigenvalue weighted by Crippen LogP contribution is -2.46. The molecule has 20 heavy (non-hydrogen) atoms. The molecule has 0 bridgehead atoms. The molecule has 1 unspecified atom stereocenters. The van der Waals surface area contributed by atoms with Gasteiger partial charge in [-0.15, -0.1) is 0 Å². The molecule has 110 valence electrons. The van der Waals surface area contributed by atoms with Crippen molar-refractivity contribution in [3.8, 4) is 0 Å². The second-order valence-electron chi connectivity index (χ2n) is 5.61. The summed E-state index contributed by atoms with van der Waals surface area (Å²) in [7, 11) is 0. The average molecular weight is 284 g/mol. The summed E-state index contributed by atoms with van der Waals surface area (Å²) in [6.07, 6.45) is 3.03. The molecule has 0 saturated carbocycles. The highest BCUT2D eigenvalue weighted by Gasteiger charge is 2.43. The van der Waals surface area contributed by atoms with Gasteiger partial charge in [0.2, 0.25) is 5.91 Å². The Bertz CT molecular complexity index is 469. The molecule has 5 nitrogen and oxygen atoms in total. The minimum Gasteiger partial charge on any atom is -0.341 e. The fourth-order valence-electron chi connectivity index (χ4n) is 3.02. The van der Waals surface area contributed by atoms with Crippen molar-refractivity contribution < 1.29 is 13.6 Å². The predicted molar refractivity (Wildman–Crippen MR) is 68.5 cm³/mol. The Hall–Kier alpha value is -1.50. The molecule has 2 aliphatic rings. The number of aromatic amines is 1. The van der Waals surface area contributed by atoms with Gasteiger partial charge < -0.3 is 4.90 Å². The molecule has 1 aromatic heterocycles. The predicted octanol–water partition coefficient (Wildman–Crippen LogP) is 1.11. The van der Waals surface area contributed by atoms with E-state index in [0.29, 0.717) is 19.0 Å². The van der Waals surface area contributed by atoms with E-state index in [1.54, 1.807) is 11.1 Å². The Kier molecular flexibility index (Phi) is 3.45. The minimum atomic E-state index is -2.76. The van der Waals surface area contributed by atoms with E-state index >= 15 is 0 Å². The van der Waals surface area contributed by atoms with Gasteiger partial charge in [0.1, 0.15) is 0 Å². The Labute approximate surface area is 115 Å². The number of halogens is 2. The van der Waals surface area contributed by atoms with E-state index in [2.05, 4.69) is 15.5 Å². The number of rotatable bonds is 2. The summed E-state index contributed by atoms with van der Waals surface area (Å²) in [6.45, 7) is 0.840. The lowest BCUT2D eigenvalue weighted by atomic mass is 9.93. The van der Waals surface area contributed by atoms with Gasteiger partial charge in [-0.3, -0.25) is 15.2 Å². The van der Waals surface area contributed by atoms with Crippen LogP contribution >= 0.6 is 0 Å². The highest BCUT2D eigenvalue weighted by molar-refractivity contribution is 5.82. The Morgan fingerprint density at radius 3 is 2.70 bits per heavy atom. The van der Waals surface area contributed by atoms with Crippen LogP contribution in [0.25, 0.3) is 0 Å². The normalized spacial score (nSPS) is 26.9. The van der Waals surface area contributed by atoms with E-state index < -0.39 is 18.5 Å². The SMILES string of the molecule is O=C(C1CC(F)(F)CN1)N1CCC(c2ccn[nH]2)CC1. The Balaban J connectivity index is 1.54. The third-order valence-corrected chi connectivity index (χ3v) is 4.18. The number of hydrogen-bond acceptors (Lipinski definition) is 3. The molecule has 2 saturated heterocycles. The van der Waals surface area contributed by atoms with Crippen LogP contribution in [0.4, 0.5) is 8.78 Å². The van der Waals surface area contributed by atoms with Crippen LogP contribution in [0.5, 0.6) is 0 Å². The number of alkyl halides is 2. The summed E-state index contributed by atoms with van der Waals surface area (Å²) in [5, 5.41) is 9.51. The van der Waals surface area contributed by atoms with Crippen molar-refractivity contribution in [2.24, 2.45) is 0 Å². The number of amides is 1. The largest absolute Gasteiger partial charge is 0.341 e. The van der Waals surface area contributed by atoms with Crippen molar-refractivity contribution in [3.05, 3.63) is 18.0 Å². The van der Waals surface area contributed by atoms with Gasteiger partial charge in [0.15, 0.2) is 0 Å². The average Bonchev–Trinajstić information content (AvgIpc) is 3.07. The zero-order chi connectivity index (χ0) is 14.2. The van der Waals surface area contributed by atoms with Crippen molar-refractivity contribution in [1.82, 2.24) is 20.4 Å². The first-order valence-electron chi connectivity index (χ1n) is 6.94. The molecule has 3 rings (SSSR count). The van der Waals surface area contributed by atoms with Crippen LogP contribution in [0.3, 0.4) is 0 Å². The molecule has 2 N–H and O–H groups in total. The van der Waals surface area contributed by atoms with E-state index in [1.807, 2.05) is 6.07 Å². The Morgan fingerprint density at radius 2 is 2.15 bits per heavy atom. The monoisotopic (exact) mass is 284 g/mol. The highest BCUT2D eigenvalue weighted by Crippen LogP contribution is 2.29. The smallest absolute Gasteiger partial charge is 0.262 e. The lowest BCUT2D eigenvalue weighted by molar-refractivity contribution is -0.134. The maximum atomic E-state index is 13.1. The summed E-state index contributed by atoms with van der Waals surface area (Å²) in [5.41, 5.74) is 1.09. The van der Waals surface area contributed by atoms with E-state index in [9.17, 15) is 13.6 Å².